The normalized spacial score (nSPS) is 20.6. The van der Waals surface area contributed by atoms with Gasteiger partial charge in [0.1, 0.15) is 18.2 Å². The zero-order valence-corrected chi connectivity index (χ0v) is 9.60. The number of halogens is 1. The quantitative estimate of drug-likeness (QED) is 0.865. The highest BCUT2D eigenvalue weighted by Crippen LogP contribution is 2.16. The molecule has 92 valence electrons. The molecular formula is C12H15FN2O2. The van der Waals surface area contributed by atoms with Gasteiger partial charge in [0.2, 0.25) is 0 Å². The van der Waals surface area contributed by atoms with Crippen LogP contribution in [-0.2, 0) is 4.74 Å². The minimum Gasteiger partial charge on any atom is -0.493 e. The molecule has 1 aliphatic rings. The van der Waals surface area contributed by atoms with Crippen LogP contribution in [0.5, 0.6) is 5.75 Å². The van der Waals surface area contributed by atoms with Gasteiger partial charge in [0.05, 0.1) is 12.6 Å². The van der Waals surface area contributed by atoms with Crippen LogP contribution in [0.3, 0.4) is 0 Å². The number of amidine groups is 1. The van der Waals surface area contributed by atoms with E-state index < -0.39 is 0 Å². The van der Waals surface area contributed by atoms with Crippen LogP contribution in [0.4, 0.5) is 4.39 Å². The molecule has 0 saturated carbocycles. The van der Waals surface area contributed by atoms with Crippen LogP contribution in [0.2, 0.25) is 0 Å². The van der Waals surface area contributed by atoms with E-state index in [0.717, 1.165) is 0 Å². The summed E-state index contributed by atoms with van der Waals surface area (Å²) in [6, 6.07) is 6.22. The molecule has 0 saturated heterocycles. The molecule has 1 aromatic rings. The Morgan fingerprint density at radius 2 is 2.24 bits per heavy atom. The number of nitrogens with two attached hydrogens (primary N) is 1. The van der Waals surface area contributed by atoms with Crippen molar-refractivity contribution in [1.82, 2.24) is 0 Å². The predicted octanol–water partition coefficient (Wildman–Crippen LogP) is 1.55. The first-order valence-corrected chi connectivity index (χ1v) is 5.49. The average molecular weight is 238 g/mol. The van der Waals surface area contributed by atoms with Gasteiger partial charge in [-0.15, -0.1) is 0 Å². The maximum atomic E-state index is 12.7. The van der Waals surface area contributed by atoms with Crippen molar-refractivity contribution >= 4 is 6.02 Å². The highest BCUT2D eigenvalue weighted by molar-refractivity contribution is 5.73. The zero-order valence-electron chi connectivity index (χ0n) is 9.60. The molecule has 0 amide bonds. The molecule has 0 radical (unpaired) electrons. The second kappa shape index (κ2) is 5.03. The molecule has 2 unspecified atom stereocenters. The van der Waals surface area contributed by atoms with Crippen LogP contribution < -0.4 is 10.5 Å². The molecule has 0 aromatic heterocycles. The fraction of sp³-hybridized carbons (Fsp3) is 0.417. The van der Waals surface area contributed by atoms with Crippen molar-refractivity contribution < 1.29 is 13.9 Å². The lowest BCUT2D eigenvalue weighted by molar-refractivity contribution is 0.210. The SMILES string of the molecule is CC(COc1ccc(F)cc1)C1COC(N)=N1. The molecule has 2 atom stereocenters. The van der Waals surface area contributed by atoms with Crippen LogP contribution in [0.15, 0.2) is 29.3 Å². The molecule has 1 heterocycles. The van der Waals surface area contributed by atoms with E-state index in [0.29, 0.717) is 19.0 Å². The van der Waals surface area contributed by atoms with E-state index in [2.05, 4.69) is 4.99 Å². The highest BCUT2D eigenvalue weighted by Gasteiger charge is 2.23. The third kappa shape index (κ3) is 3.09. The molecule has 5 heteroatoms. The third-order valence-electron chi connectivity index (χ3n) is 2.68. The van der Waals surface area contributed by atoms with Crippen molar-refractivity contribution in [1.29, 1.82) is 0 Å². The zero-order chi connectivity index (χ0) is 12.3. The summed E-state index contributed by atoms with van der Waals surface area (Å²) in [5.74, 6) is 0.571. The van der Waals surface area contributed by atoms with Crippen LogP contribution in [0.1, 0.15) is 6.92 Å². The van der Waals surface area contributed by atoms with Gasteiger partial charge in [0.15, 0.2) is 0 Å². The van der Waals surface area contributed by atoms with Gasteiger partial charge >= 0.3 is 0 Å². The minimum atomic E-state index is -0.271. The van der Waals surface area contributed by atoms with E-state index >= 15 is 0 Å². The Labute approximate surface area is 99.2 Å². The van der Waals surface area contributed by atoms with E-state index in [1.807, 2.05) is 6.92 Å². The van der Waals surface area contributed by atoms with Crippen LogP contribution >= 0.6 is 0 Å². The number of benzene rings is 1. The molecule has 0 spiro atoms. The van der Waals surface area contributed by atoms with Gasteiger partial charge in [-0.25, -0.2) is 9.38 Å². The molecule has 2 rings (SSSR count). The van der Waals surface area contributed by atoms with E-state index in [9.17, 15) is 4.39 Å². The Morgan fingerprint density at radius 1 is 1.53 bits per heavy atom. The van der Waals surface area contributed by atoms with E-state index in [-0.39, 0.29) is 23.8 Å². The maximum Gasteiger partial charge on any atom is 0.282 e. The van der Waals surface area contributed by atoms with Gasteiger partial charge < -0.3 is 15.2 Å². The Kier molecular flexibility index (Phi) is 3.46. The molecule has 0 bridgehead atoms. The summed E-state index contributed by atoms with van der Waals surface area (Å²) in [4.78, 5) is 4.15. The first-order chi connectivity index (χ1) is 8.15. The molecule has 17 heavy (non-hydrogen) atoms. The standard InChI is InChI=1S/C12H15FN2O2/c1-8(11-7-17-12(14)15-11)6-16-10-4-2-9(13)3-5-10/h2-5,8,11H,6-7H2,1H3,(H2,14,15). The molecule has 2 N–H and O–H groups in total. The van der Waals surface area contributed by atoms with Crippen molar-refractivity contribution in [3.63, 3.8) is 0 Å². The fourth-order valence-corrected chi connectivity index (χ4v) is 1.57. The molecule has 4 nitrogen and oxygen atoms in total. The fourth-order valence-electron chi connectivity index (χ4n) is 1.57. The number of hydrogen-bond acceptors (Lipinski definition) is 4. The van der Waals surface area contributed by atoms with E-state index in [1.165, 1.54) is 12.1 Å². The smallest absolute Gasteiger partial charge is 0.282 e. The molecule has 0 fully saturated rings. The van der Waals surface area contributed by atoms with Gasteiger partial charge in [-0.3, -0.25) is 0 Å². The Morgan fingerprint density at radius 3 is 2.82 bits per heavy atom. The summed E-state index contributed by atoms with van der Waals surface area (Å²) in [5, 5.41) is 0. The molecular weight excluding hydrogens is 223 g/mol. The van der Waals surface area contributed by atoms with Crippen molar-refractivity contribution in [2.45, 2.75) is 13.0 Å². The average Bonchev–Trinajstić information content (AvgIpc) is 2.75. The van der Waals surface area contributed by atoms with Crippen molar-refractivity contribution in [2.75, 3.05) is 13.2 Å². The summed E-state index contributed by atoms with van der Waals surface area (Å²) in [6.07, 6.45) is 0. The summed E-state index contributed by atoms with van der Waals surface area (Å²) in [7, 11) is 0. The van der Waals surface area contributed by atoms with E-state index in [4.69, 9.17) is 15.2 Å². The number of rotatable bonds is 4. The maximum absolute atomic E-state index is 12.7. The van der Waals surface area contributed by atoms with Crippen LogP contribution in [-0.4, -0.2) is 25.3 Å². The lowest BCUT2D eigenvalue weighted by Crippen LogP contribution is -2.23. The monoisotopic (exact) mass is 238 g/mol. The second-order valence-electron chi connectivity index (χ2n) is 4.09. The summed E-state index contributed by atoms with van der Waals surface area (Å²) in [6.45, 7) is 3.01. The number of ether oxygens (including phenoxy) is 2. The van der Waals surface area contributed by atoms with E-state index in [1.54, 1.807) is 12.1 Å². The van der Waals surface area contributed by atoms with Gasteiger partial charge in [-0.05, 0) is 24.3 Å². The minimum absolute atomic E-state index is 0.0375. The number of hydrogen-bond donors (Lipinski definition) is 1. The van der Waals surface area contributed by atoms with Crippen LogP contribution in [0, 0.1) is 11.7 Å². The number of nitrogens with zero attached hydrogens (tertiary/aromatic N) is 1. The first kappa shape index (κ1) is 11.7. The molecule has 1 aromatic carbocycles. The van der Waals surface area contributed by atoms with Gasteiger partial charge in [0, 0.05) is 5.92 Å². The largest absolute Gasteiger partial charge is 0.493 e. The Hall–Kier alpha value is -1.78. The van der Waals surface area contributed by atoms with Crippen molar-refractivity contribution in [2.24, 2.45) is 16.6 Å². The Balaban J connectivity index is 1.84. The van der Waals surface area contributed by atoms with Gasteiger partial charge in [-0.2, -0.15) is 0 Å². The van der Waals surface area contributed by atoms with Crippen molar-refractivity contribution in [3.05, 3.63) is 30.1 Å². The van der Waals surface area contributed by atoms with Crippen LogP contribution in [0.25, 0.3) is 0 Å². The Bertz CT molecular complexity index is 405. The topological polar surface area (TPSA) is 56.8 Å². The van der Waals surface area contributed by atoms with Crippen molar-refractivity contribution in [3.8, 4) is 5.75 Å². The summed E-state index contributed by atoms with van der Waals surface area (Å²) in [5.41, 5.74) is 5.43. The summed E-state index contributed by atoms with van der Waals surface area (Å²) >= 11 is 0. The lowest BCUT2D eigenvalue weighted by atomic mass is 10.1. The van der Waals surface area contributed by atoms with Gasteiger partial charge in [-0.1, -0.05) is 6.92 Å². The lowest BCUT2D eigenvalue weighted by Gasteiger charge is -2.15. The number of aliphatic imine (C=N–C) groups is 1. The predicted molar refractivity (Wildman–Crippen MR) is 62.4 cm³/mol. The van der Waals surface area contributed by atoms with Gasteiger partial charge in [0.25, 0.3) is 6.02 Å². The highest BCUT2D eigenvalue weighted by atomic mass is 19.1. The molecule has 1 aliphatic heterocycles. The molecule has 0 aliphatic carbocycles. The summed E-state index contributed by atoms with van der Waals surface area (Å²) < 4.78 is 23.3. The first-order valence-electron chi connectivity index (χ1n) is 5.49. The second-order valence-corrected chi connectivity index (χ2v) is 4.09. The third-order valence-corrected chi connectivity index (χ3v) is 2.68.